The monoisotopic (exact) mass is 453 g/mol. The summed E-state index contributed by atoms with van der Waals surface area (Å²) in [6, 6.07) is 4.35. The molecule has 1 N–H and O–H groups in total. The zero-order chi connectivity index (χ0) is 22.3. The summed E-state index contributed by atoms with van der Waals surface area (Å²) in [5.74, 6) is 0.257. The van der Waals surface area contributed by atoms with Gasteiger partial charge in [-0.3, -0.25) is 19.3 Å². The number of ketones is 1. The van der Waals surface area contributed by atoms with E-state index in [4.69, 9.17) is 0 Å². The van der Waals surface area contributed by atoms with Gasteiger partial charge in [0.05, 0.1) is 28.1 Å². The Hall–Kier alpha value is -3.14. The van der Waals surface area contributed by atoms with Crippen molar-refractivity contribution < 1.29 is 18.0 Å². The number of fused-ring (bicyclic) bond motifs is 1. The van der Waals surface area contributed by atoms with Crippen LogP contribution in [0, 0.1) is 5.92 Å². The molecule has 3 aromatic rings. The quantitative estimate of drug-likeness (QED) is 0.583. The van der Waals surface area contributed by atoms with E-state index < -0.39 is 15.9 Å². The van der Waals surface area contributed by atoms with Crippen LogP contribution in [0.3, 0.4) is 0 Å². The van der Waals surface area contributed by atoms with Crippen molar-refractivity contribution in [2.45, 2.75) is 54.7 Å². The van der Waals surface area contributed by atoms with Gasteiger partial charge in [-0.25, -0.2) is 13.4 Å². The van der Waals surface area contributed by atoms with Crippen LogP contribution in [-0.2, 0) is 19.4 Å². The van der Waals surface area contributed by atoms with E-state index in [2.05, 4.69) is 20.4 Å². The SMILES string of the molecule is O=C1CC[C@H](C[C@H](C(=O)Nc2cnccn2)n2ncc3c(S(=O)(=O)C4CC4)cccc32)C1. The van der Waals surface area contributed by atoms with Gasteiger partial charge in [-0.1, -0.05) is 6.07 Å². The van der Waals surface area contributed by atoms with Crippen LogP contribution in [0.4, 0.5) is 5.82 Å². The van der Waals surface area contributed by atoms with Crippen molar-refractivity contribution in [3.05, 3.63) is 43.0 Å². The maximum absolute atomic E-state index is 13.3. The molecule has 1 aromatic carbocycles. The van der Waals surface area contributed by atoms with Gasteiger partial charge in [-0.05, 0) is 43.7 Å². The van der Waals surface area contributed by atoms with E-state index in [1.54, 1.807) is 22.9 Å². The lowest BCUT2D eigenvalue weighted by atomic mass is 9.97. The molecule has 1 amide bonds. The standard InChI is InChI=1S/C22H23N5O4S/c28-15-5-4-14(10-15)11-19(22(29)26-21-13-23-8-9-24-21)27-18-2-1-3-20(17(18)12-25-27)32(30,31)16-6-7-16/h1-3,8-9,12-14,16,19H,4-7,10-11H2,(H,24,26,29)/t14-,19+/m0/s1. The normalized spacial score (nSPS) is 19.9. The number of carbonyl (C=O) groups excluding carboxylic acids is 2. The molecule has 2 heterocycles. The summed E-state index contributed by atoms with van der Waals surface area (Å²) >= 11 is 0. The molecule has 0 spiro atoms. The zero-order valence-electron chi connectivity index (χ0n) is 17.3. The summed E-state index contributed by atoms with van der Waals surface area (Å²) in [6.07, 6.45) is 9.43. The summed E-state index contributed by atoms with van der Waals surface area (Å²) in [6.45, 7) is 0. The summed E-state index contributed by atoms with van der Waals surface area (Å²) in [5, 5.41) is 7.40. The molecule has 0 bridgehead atoms. The molecule has 5 rings (SSSR count). The second kappa shape index (κ2) is 8.09. The minimum absolute atomic E-state index is 0.0673. The molecule has 10 heteroatoms. The molecule has 9 nitrogen and oxygen atoms in total. The molecule has 2 atom stereocenters. The number of benzene rings is 1. The van der Waals surface area contributed by atoms with Crippen LogP contribution in [-0.4, -0.2) is 45.1 Å². The first kappa shape index (κ1) is 20.7. The van der Waals surface area contributed by atoms with Gasteiger partial charge in [-0.2, -0.15) is 5.10 Å². The van der Waals surface area contributed by atoms with Gasteiger partial charge in [-0.15, -0.1) is 0 Å². The highest BCUT2D eigenvalue weighted by molar-refractivity contribution is 7.92. The molecule has 2 saturated carbocycles. The van der Waals surface area contributed by atoms with Crippen molar-refractivity contribution in [1.82, 2.24) is 19.7 Å². The molecular formula is C22H23N5O4S. The zero-order valence-corrected chi connectivity index (χ0v) is 18.2. The highest BCUT2D eigenvalue weighted by Crippen LogP contribution is 2.38. The predicted octanol–water partition coefficient (Wildman–Crippen LogP) is 2.70. The van der Waals surface area contributed by atoms with E-state index in [1.165, 1.54) is 24.8 Å². The minimum atomic E-state index is -3.42. The number of anilines is 1. The molecule has 2 aliphatic rings. The van der Waals surface area contributed by atoms with Gasteiger partial charge in [0.1, 0.15) is 11.8 Å². The van der Waals surface area contributed by atoms with Crippen molar-refractivity contribution in [3.8, 4) is 0 Å². The van der Waals surface area contributed by atoms with Crippen LogP contribution >= 0.6 is 0 Å². The van der Waals surface area contributed by atoms with E-state index in [0.717, 1.165) is 6.42 Å². The number of hydrogen-bond acceptors (Lipinski definition) is 7. The minimum Gasteiger partial charge on any atom is -0.308 e. The van der Waals surface area contributed by atoms with Crippen LogP contribution in [0.25, 0.3) is 10.9 Å². The van der Waals surface area contributed by atoms with Crippen molar-refractivity contribution in [1.29, 1.82) is 0 Å². The highest BCUT2D eigenvalue weighted by atomic mass is 32.2. The van der Waals surface area contributed by atoms with Gasteiger partial charge in [0.25, 0.3) is 0 Å². The Balaban J connectivity index is 1.53. The summed E-state index contributed by atoms with van der Waals surface area (Å²) in [7, 11) is -3.42. The molecule has 166 valence electrons. The molecule has 0 unspecified atom stereocenters. The lowest BCUT2D eigenvalue weighted by molar-refractivity contribution is -0.120. The van der Waals surface area contributed by atoms with Crippen molar-refractivity contribution in [3.63, 3.8) is 0 Å². The predicted molar refractivity (Wildman–Crippen MR) is 117 cm³/mol. The second-order valence-corrected chi connectivity index (χ2v) is 10.7. The Morgan fingerprint density at radius 1 is 1.19 bits per heavy atom. The van der Waals surface area contributed by atoms with Gasteiger partial charge in [0.2, 0.25) is 5.91 Å². The fourth-order valence-electron chi connectivity index (χ4n) is 4.40. The Morgan fingerprint density at radius 2 is 2.03 bits per heavy atom. The fraction of sp³-hybridized carbons (Fsp3) is 0.409. The third kappa shape index (κ3) is 3.90. The number of nitrogens with zero attached hydrogens (tertiary/aromatic N) is 4. The third-order valence-corrected chi connectivity index (χ3v) is 8.51. The van der Waals surface area contributed by atoms with Gasteiger partial charge >= 0.3 is 0 Å². The number of carbonyl (C=O) groups is 2. The van der Waals surface area contributed by atoms with E-state index in [1.807, 2.05) is 0 Å². The summed E-state index contributed by atoms with van der Waals surface area (Å²) in [5.41, 5.74) is 0.579. The van der Waals surface area contributed by atoms with Crippen LogP contribution in [0.2, 0.25) is 0 Å². The Labute approximate surface area is 185 Å². The van der Waals surface area contributed by atoms with Crippen LogP contribution < -0.4 is 5.32 Å². The number of Topliss-reactive ketones (excluding diaryl/α,β-unsaturated/α-hetero) is 1. The van der Waals surface area contributed by atoms with E-state index in [0.29, 0.717) is 48.8 Å². The van der Waals surface area contributed by atoms with E-state index in [9.17, 15) is 18.0 Å². The molecule has 2 fully saturated rings. The molecule has 0 radical (unpaired) electrons. The highest BCUT2D eigenvalue weighted by Gasteiger charge is 2.38. The van der Waals surface area contributed by atoms with Crippen LogP contribution in [0.15, 0.2) is 47.9 Å². The number of aromatic nitrogens is 4. The maximum Gasteiger partial charge on any atom is 0.250 e. The van der Waals surface area contributed by atoms with Crippen molar-refractivity contribution in [2.24, 2.45) is 5.92 Å². The lowest BCUT2D eigenvalue weighted by Crippen LogP contribution is -2.29. The Kier molecular flexibility index (Phi) is 5.24. The van der Waals surface area contributed by atoms with Gasteiger partial charge in [0, 0.05) is 30.6 Å². The number of sulfone groups is 1. The topological polar surface area (TPSA) is 124 Å². The smallest absolute Gasteiger partial charge is 0.250 e. The largest absolute Gasteiger partial charge is 0.308 e. The average Bonchev–Trinajstić information content (AvgIpc) is 3.45. The number of hydrogen-bond donors (Lipinski definition) is 1. The molecule has 0 aliphatic heterocycles. The van der Waals surface area contributed by atoms with Gasteiger partial charge in [0.15, 0.2) is 15.7 Å². The number of nitrogens with one attached hydrogen (secondary N) is 1. The van der Waals surface area contributed by atoms with E-state index >= 15 is 0 Å². The summed E-state index contributed by atoms with van der Waals surface area (Å²) < 4.78 is 27.4. The van der Waals surface area contributed by atoms with Gasteiger partial charge < -0.3 is 5.32 Å². The fourth-order valence-corrected chi connectivity index (χ4v) is 6.25. The lowest BCUT2D eigenvalue weighted by Gasteiger charge is -2.21. The van der Waals surface area contributed by atoms with Crippen LogP contribution in [0.1, 0.15) is 44.6 Å². The average molecular weight is 454 g/mol. The van der Waals surface area contributed by atoms with Crippen LogP contribution in [0.5, 0.6) is 0 Å². The maximum atomic E-state index is 13.3. The molecule has 2 aromatic heterocycles. The first-order valence-corrected chi connectivity index (χ1v) is 12.3. The van der Waals surface area contributed by atoms with Crippen molar-refractivity contribution >= 4 is 38.2 Å². The number of rotatable bonds is 7. The number of amides is 1. The molecule has 0 saturated heterocycles. The summed E-state index contributed by atoms with van der Waals surface area (Å²) in [4.78, 5) is 33.4. The molecule has 32 heavy (non-hydrogen) atoms. The van der Waals surface area contributed by atoms with Crippen molar-refractivity contribution in [2.75, 3.05) is 5.32 Å². The third-order valence-electron chi connectivity index (χ3n) is 6.19. The van der Waals surface area contributed by atoms with E-state index in [-0.39, 0.29) is 27.8 Å². The second-order valence-electron chi connectivity index (χ2n) is 8.50. The first-order valence-electron chi connectivity index (χ1n) is 10.7. The Bertz CT molecular complexity index is 1280. The first-order chi connectivity index (χ1) is 15.4. The molecule has 2 aliphatic carbocycles. The molecular weight excluding hydrogens is 430 g/mol. The Morgan fingerprint density at radius 3 is 2.72 bits per heavy atom.